The van der Waals surface area contributed by atoms with E-state index in [-0.39, 0.29) is 5.82 Å². The van der Waals surface area contributed by atoms with Gasteiger partial charge in [-0.2, -0.15) is 5.10 Å². The molecule has 2 heterocycles. The lowest BCUT2D eigenvalue weighted by Gasteiger charge is -2.06. The van der Waals surface area contributed by atoms with E-state index in [1.165, 1.54) is 12.1 Å². The average molecular weight is 299 g/mol. The molecule has 114 valence electrons. The van der Waals surface area contributed by atoms with Gasteiger partial charge in [-0.25, -0.2) is 9.07 Å². The highest BCUT2D eigenvalue weighted by molar-refractivity contribution is 5.37. The van der Waals surface area contributed by atoms with Crippen molar-refractivity contribution in [1.29, 1.82) is 0 Å². The monoisotopic (exact) mass is 299 g/mol. The summed E-state index contributed by atoms with van der Waals surface area (Å²) in [5, 5.41) is 7.91. The molecule has 0 saturated carbocycles. The van der Waals surface area contributed by atoms with Crippen molar-refractivity contribution in [3.8, 4) is 5.69 Å². The summed E-state index contributed by atoms with van der Waals surface area (Å²) in [5.74, 6) is 0.659. The number of hydrogen-bond donors (Lipinski definition) is 1. The van der Waals surface area contributed by atoms with E-state index in [0.29, 0.717) is 13.1 Å². The Balaban J connectivity index is 1.76. The molecular weight excluding hydrogens is 281 g/mol. The quantitative estimate of drug-likeness (QED) is 0.784. The minimum Gasteiger partial charge on any atom is -0.468 e. The summed E-state index contributed by atoms with van der Waals surface area (Å²) in [6, 6.07) is 10.2. The molecule has 0 bridgehead atoms. The summed E-state index contributed by atoms with van der Waals surface area (Å²) in [5.41, 5.74) is 4.03. The number of aryl methyl sites for hydroxylation is 1. The fraction of sp³-hybridized carbons (Fsp3) is 0.235. The van der Waals surface area contributed by atoms with E-state index in [1.54, 1.807) is 18.4 Å². The highest BCUT2D eigenvalue weighted by Crippen LogP contribution is 2.18. The summed E-state index contributed by atoms with van der Waals surface area (Å²) in [6.45, 7) is 5.39. The molecule has 0 radical (unpaired) electrons. The van der Waals surface area contributed by atoms with Crippen molar-refractivity contribution < 1.29 is 8.81 Å². The second kappa shape index (κ2) is 6.15. The Labute approximate surface area is 128 Å². The van der Waals surface area contributed by atoms with E-state index in [9.17, 15) is 4.39 Å². The van der Waals surface area contributed by atoms with Gasteiger partial charge >= 0.3 is 0 Å². The smallest absolute Gasteiger partial charge is 0.123 e. The van der Waals surface area contributed by atoms with E-state index < -0.39 is 0 Å². The van der Waals surface area contributed by atoms with Gasteiger partial charge in [-0.3, -0.25) is 0 Å². The number of benzene rings is 1. The fourth-order valence-electron chi connectivity index (χ4n) is 2.49. The molecule has 0 aliphatic rings. The van der Waals surface area contributed by atoms with E-state index in [4.69, 9.17) is 4.42 Å². The zero-order valence-electron chi connectivity index (χ0n) is 12.6. The van der Waals surface area contributed by atoms with Crippen LogP contribution in [0, 0.1) is 19.7 Å². The van der Waals surface area contributed by atoms with E-state index >= 15 is 0 Å². The van der Waals surface area contributed by atoms with Crippen LogP contribution in [0.15, 0.2) is 47.1 Å². The molecule has 0 unspecified atom stereocenters. The molecule has 3 rings (SSSR count). The highest BCUT2D eigenvalue weighted by atomic mass is 19.1. The molecule has 4 nitrogen and oxygen atoms in total. The Morgan fingerprint density at radius 1 is 1.14 bits per heavy atom. The first-order valence-electron chi connectivity index (χ1n) is 7.19. The second-order valence-corrected chi connectivity index (χ2v) is 5.22. The maximum absolute atomic E-state index is 13.0. The summed E-state index contributed by atoms with van der Waals surface area (Å²) < 4.78 is 20.2. The van der Waals surface area contributed by atoms with Gasteiger partial charge < -0.3 is 9.73 Å². The first-order valence-corrected chi connectivity index (χ1v) is 7.19. The SMILES string of the molecule is Cc1nn(-c2ccc(F)cc2)c(C)c1CNCc1ccco1. The van der Waals surface area contributed by atoms with Crippen LogP contribution in [0.25, 0.3) is 5.69 Å². The first-order chi connectivity index (χ1) is 10.6. The van der Waals surface area contributed by atoms with Crippen molar-refractivity contribution in [2.24, 2.45) is 0 Å². The van der Waals surface area contributed by atoms with Crippen LogP contribution in [0.3, 0.4) is 0 Å². The lowest BCUT2D eigenvalue weighted by molar-refractivity contribution is 0.482. The lowest BCUT2D eigenvalue weighted by Crippen LogP contribution is -2.13. The van der Waals surface area contributed by atoms with Gasteiger partial charge in [0.15, 0.2) is 0 Å². The molecule has 0 aliphatic heterocycles. The lowest BCUT2D eigenvalue weighted by atomic mass is 10.2. The number of nitrogens with zero attached hydrogens (tertiary/aromatic N) is 2. The molecule has 3 aromatic rings. The average Bonchev–Trinajstić information content (AvgIpc) is 3.11. The van der Waals surface area contributed by atoms with Gasteiger partial charge in [0.2, 0.25) is 0 Å². The molecular formula is C17H18FN3O. The molecule has 0 saturated heterocycles. The van der Waals surface area contributed by atoms with Crippen molar-refractivity contribution in [1.82, 2.24) is 15.1 Å². The van der Waals surface area contributed by atoms with Crippen LogP contribution >= 0.6 is 0 Å². The van der Waals surface area contributed by atoms with Crippen LogP contribution in [0.5, 0.6) is 0 Å². The van der Waals surface area contributed by atoms with Crippen LogP contribution in [0.4, 0.5) is 4.39 Å². The van der Waals surface area contributed by atoms with Gasteiger partial charge in [0.25, 0.3) is 0 Å². The first kappa shape index (κ1) is 14.5. The minimum atomic E-state index is -0.245. The molecule has 5 heteroatoms. The Bertz CT molecular complexity index is 745. The molecule has 0 amide bonds. The van der Waals surface area contributed by atoms with Crippen molar-refractivity contribution in [2.75, 3.05) is 0 Å². The van der Waals surface area contributed by atoms with E-state index in [2.05, 4.69) is 10.4 Å². The zero-order chi connectivity index (χ0) is 15.5. The third-order valence-electron chi connectivity index (χ3n) is 3.69. The summed E-state index contributed by atoms with van der Waals surface area (Å²) in [4.78, 5) is 0. The summed E-state index contributed by atoms with van der Waals surface area (Å²) >= 11 is 0. The van der Waals surface area contributed by atoms with Crippen LogP contribution in [-0.4, -0.2) is 9.78 Å². The number of rotatable bonds is 5. The third kappa shape index (κ3) is 2.94. The molecule has 2 aromatic heterocycles. The molecule has 0 fully saturated rings. The van der Waals surface area contributed by atoms with Gasteiger partial charge in [0, 0.05) is 17.8 Å². The number of halogens is 1. The standard InChI is InChI=1S/C17H18FN3O/c1-12-17(11-19-10-16-4-3-9-22-16)13(2)21(20-12)15-7-5-14(18)6-8-15/h3-9,19H,10-11H2,1-2H3. The molecule has 0 atom stereocenters. The van der Waals surface area contributed by atoms with Crippen molar-refractivity contribution in [3.05, 3.63) is 71.2 Å². The van der Waals surface area contributed by atoms with Crippen molar-refractivity contribution in [3.63, 3.8) is 0 Å². The second-order valence-electron chi connectivity index (χ2n) is 5.22. The zero-order valence-corrected chi connectivity index (χ0v) is 12.6. The summed E-state index contributed by atoms with van der Waals surface area (Å²) in [6.07, 6.45) is 1.67. The fourth-order valence-corrected chi connectivity index (χ4v) is 2.49. The number of aromatic nitrogens is 2. The third-order valence-corrected chi connectivity index (χ3v) is 3.69. The Hall–Kier alpha value is -2.40. The highest BCUT2D eigenvalue weighted by Gasteiger charge is 2.12. The maximum Gasteiger partial charge on any atom is 0.123 e. The Morgan fingerprint density at radius 3 is 2.59 bits per heavy atom. The summed E-state index contributed by atoms with van der Waals surface area (Å²) in [7, 11) is 0. The topological polar surface area (TPSA) is 43.0 Å². The molecule has 1 aromatic carbocycles. The van der Waals surface area contributed by atoms with Gasteiger partial charge in [-0.05, 0) is 50.2 Å². The van der Waals surface area contributed by atoms with Crippen LogP contribution in [0.1, 0.15) is 22.7 Å². The molecule has 0 spiro atoms. The van der Waals surface area contributed by atoms with E-state index in [1.807, 2.05) is 30.7 Å². The Kier molecular flexibility index (Phi) is 4.06. The van der Waals surface area contributed by atoms with Gasteiger partial charge in [-0.1, -0.05) is 0 Å². The van der Waals surface area contributed by atoms with Crippen LogP contribution in [-0.2, 0) is 13.1 Å². The maximum atomic E-state index is 13.0. The van der Waals surface area contributed by atoms with Gasteiger partial charge in [0.1, 0.15) is 11.6 Å². The van der Waals surface area contributed by atoms with Crippen LogP contribution in [0.2, 0.25) is 0 Å². The van der Waals surface area contributed by atoms with Crippen LogP contribution < -0.4 is 5.32 Å². The van der Waals surface area contributed by atoms with Crippen molar-refractivity contribution >= 4 is 0 Å². The minimum absolute atomic E-state index is 0.245. The van der Waals surface area contributed by atoms with Crippen molar-refractivity contribution in [2.45, 2.75) is 26.9 Å². The predicted octanol–water partition coefficient (Wildman–Crippen LogP) is 3.51. The normalized spacial score (nSPS) is 11.0. The molecule has 1 N–H and O–H groups in total. The predicted molar refractivity (Wildman–Crippen MR) is 82.2 cm³/mol. The molecule has 0 aliphatic carbocycles. The Morgan fingerprint density at radius 2 is 1.91 bits per heavy atom. The number of hydrogen-bond acceptors (Lipinski definition) is 3. The van der Waals surface area contributed by atoms with Gasteiger partial charge in [-0.15, -0.1) is 0 Å². The molecule has 22 heavy (non-hydrogen) atoms. The van der Waals surface area contributed by atoms with Gasteiger partial charge in [0.05, 0.1) is 24.2 Å². The van der Waals surface area contributed by atoms with E-state index in [0.717, 1.165) is 28.4 Å². The number of nitrogens with one attached hydrogen (secondary N) is 1. The number of furan rings is 1. The largest absolute Gasteiger partial charge is 0.468 e.